The van der Waals surface area contributed by atoms with Crippen LogP contribution in [0, 0.1) is 11.8 Å². The maximum atomic E-state index is 11.2. The second-order valence-corrected chi connectivity index (χ2v) is 3.80. The molecule has 0 amide bonds. The number of ether oxygens (including phenoxy) is 1. The first-order valence-electron chi connectivity index (χ1n) is 5.00. The van der Waals surface area contributed by atoms with Gasteiger partial charge in [0.25, 0.3) is 0 Å². The fourth-order valence-corrected chi connectivity index (χ4v) is 2.06. The van der Waals surface area contributed by atoms with E-state index in [4.69, 9.17) is 4.74 Å². The minimum atomic E-state index is -0.0251. The first-order valence-corrected chi connectivity index (χ1v) is 5.00. The highest BCUT2D eigenvalue weighted by Crippen LogP contribution is 2.28. The minimum absolute atomic E-state index is 0. The third-order valence-corrected chi connectivity index (χ3v) is 2.87. The second-order valence-electron chi connectivity index (χ2n) is 3.80. The van der Waals surface area contributed by atoms with E-state index in [0.717, 1.165) is 38.1 Å². The largest absolute Gasteiger partial charge is 0.469 e. The monoisotopic (exact) mass is 221 g/mol. The molecule has 0 aliphatic heterocycles. The van der Waals surface area contributed by atoms with Crippen molar-refractivity contribution in [2.24, 2.45) is 11.8 Å². The van der Waals surface area contributed by atoms with Gasteiger partial charge < -0.3 is 10.1 Å². The topological polar surface area (TPSA) is 38.3 Å². The summed E-state index contributed by atoms with van der Waals surface area (Å²) in [7, 11) is 3.45. The third-order valence-electron chi connectivity index (χ3n) is 2.87. The Hall–Kier alpha value is -0.280. The van der Waals surface area contributed by atoms with Gasteiger partial charge in [-0.05, 0) is 45.2 Å². The SMILES string of the molecule is CNCC1CCC(C(=O)OC)CC1.Cl. The lowest BCUT2D eigenvalue weighted by Gasteiger charge is -2.26. The first kappa shape index (κ1) is 13.7. The van der Waals surface area contributed by atoms with Crippen molar-refractivity contribution in [1.29, 1.82) is 0 Å². The summed E-state index contributed by atoms with van der Waals surface area (Å²) in [5, 5.41) is 3.18. The Morgan fingerprint density at radius 2 is 1.93 bits per heavy atom. The summed E-state index contributed by atoms with van der Waals surface area (Å²) in [5.41, 5.74) is 0. The molecule has 0 heterocycles. The Morgan fingerprint density at radius 3 is 2.36 bits per heavy atom. The molecule has 0 atom stereocenters. The van der Waals surface area contributed by atoms with E-state index < -0.39 is 0 Å². The van der Waals surface area contributed by atoms with Crippen molar-refractivity contribution in [1.82, 2.24) is 5.32 Å². The van der Waals surface area contributed by atoms with E-state index in [-0.39, 0.29) is 24.3 Å². The van der Waals surface area contributed by atoms with E-state index in [0.29, 0.717) is 0 Å². The lowest BCUT2D eigenvalue weighted by atomic mass is 9.82. The van der Waals surface area contributed by atoms with Crippen molar-refractivity contribution in [2.45, 2.75) is 25.7 Å². The van der Waals surface area contributed by atoms with Crippen LogP contribution in [0.5, 0.6) is 0 Å². The van der Waals surface area contributed by atoms with Gasteiger partial charge in [0, 0.05) is 0 Å². The van der Waals surface area contributed by atoms with Crippen LogP contribution in [0.15, 0.2) is 0 Å². The van der Waals surface area contributed by atoms with Gasteiger partial charge in [0.05, 0.1) is 13.0 Å². The highest BCUT2D eigenvalue weighted by molar-refractivity contribution is 5.85. The highest BCUT2D eigenvalue weighted by atomic mass is 35.5. The highest BCUT2D eigenvalue weighted by Gasteiger charge is 2.26. The van der Waals surface area contributed by atoms with Crippen LogP contribution in [-0.4, -0.2) is 26.7 Å². The van der Waals surface area contributed by atoms with Crippen LogP contribution in [0.1, 0.15) is 25.7 Å². The predicted octanol–water partition coefficient (Wildman–Crippen LogP) is 1.61. The summed E-state index contributed by atoms with van der Waals surface area (Å²) in [6.45, 7) is 1.08. The molecule has 0 unspecified atom stereocenters. The van der Waals surface area contributed by atoms with Gasteiger partial charge >= 0.3 is 5.97 Å². The van der Waals surface area contributed by atoms with Crippen molar-refractivity contribution < 1.29 is 9.53 Å². The molecule has 0 saturated heterocycles. The molecular weight excluding hydrogens is 202 g/mol. The summed E-state index contributed by atoms with van der Waals surface area (Å²) in [5.74, 6) is 0.895. The predicted molar refractivity (Wildman–Crippen MR) is 58.6 cm³/mol. The smallest absolute Gasteiger partial charge is 0.308 e. The molecule has 14 heavy (non-hydrogen) atoms. The third kappa shape index (κ3) is 3.84. The minimum Gasteiger partial charge on any atom is -0.469 e. The Bertz CT molecular complexity index is 168. The van der Waals surface area contributed by atoms with Crippen LogP contribution < -0.4 is 5.32 Å². The second kappa shape index (κ2) is 7.07. The lowest BCUT2D eigenvalue weighted by molar-refractivity contribution is -0.146. The van der Waals surface area contributed by atoms with E-state index in [1.165, 1.54) is 7.11 Å². The standard InChI is InChI=1S/C10H19NO2.ClH/c1-11-7-8-3-5-9(6-4-8)10(12)13-2;/h8-9,11H,3-7H2,1-2H3;1H. The molecule has 1 aliphatic carbocycles. The molecule has 0 bridgehead atoms. The van der Waals surface area contributed by atoms with Gasteiger partial charge in [0.15, 0.2) is 0 Å². The number of carbonyl (C=O) groups is 1. The quantitative estimate of drug-likeness (QED) is 0.736. The summed E-state index contributed by atoms with van der Waals surface area (Å²) in [6.07, 6.45) is 4.30. The zero-order valence-electron chi connectivity index (χ0n) is 8.91. The van der Waals surface area contributed by atoms with Gasteiger partial charge in [-0.2, -0.15) is 0 Å². The van der Waals surface area contributed by atoms with E-state index in [1.807, 2.05) is 7.05 Å². The molecule has 1 N–H and O–H groups in total. The van der Waals surface area contributed by atoms with Crippen LogP contribution in [-0.2, 0) is 9.53 Å². The zero-order valence-corrected chi connectivity index (χ0v) is 9.73. The van der Waals surface area contributed by atoms with E-state index in [2.05, 4.69) is 5.32 Å². The molecule has 84 valence electrons. The van der Waals surface area contributed by atoms with Crippen LogP contribution in [0.4, 0.5) is 0 Å². The first-order chi connectivity index (χ1) is 6.27. The average molecular weight is 222 g/mol. The van der Waals surface area contributed by atoms with E-state index in [9.17, 15) is 4.79 Å². The molecule has 1 rings (SSSR count). The van der Waals surface area contributed by atoms with Crippen molar-refractivity contribution >= 4 is 18.4 Å². The van der Waals surface area contributed by atoms with Crippen molar-refractivity contribution in [3.8, 4) is 0 Å². The van der Waals surface area contributed by atoms with E-state index in [1.54, 1.807) is 0 Å². The molecule has 0 aromatic heterocycles. The van der Waals surface area contributed by atoms with Crippen molar-refractivity contribution in [3.63, 3.8) is 0 Å². The average Bonchev–Trinajstić information content (AvgIpc) is 2.18. The van der Waals surface area contributed by atoms with Crippen molar-refractivity contribution in [3.05, 3.63) is 0 Å². The number of carbonyl (C=O) groups excluding carboxylic acids is 1. The summed E-state index contributed by atoms with van der Waals surface area (Å²) in [4.78, 5) is 11.2. The lowest BCUT2D eigenvalue weighted by Crippen LogP contribution is -2.27. The molecular formula is C10H20ClNO2. The summed E-state index contributed by atoms with van der Waals surface area (Å²) >= 11 is 0. The Labute approximate surface area is 92.0 Å². The Balaban J connectivity index is 0.00000169. The zero-order chi connectivity index (χ0) is 9.68. The molecule has 0 aromatic carbocycles. The summed E-state index contributed by atoms with van der Waals surface area (Å²) < 4.78 is 4.73. The van der Waals surface area contributed by atoms with Crippen LogP contribution in [0.3, 0.4) is 0 Å². The van der Waals surface area contributed by atoms with E-state index >= 15 is 0 Å². The summed E-state index contributed by atoms with van der Waals surface area (Å²) in [6, 6.07) is 0. The Kier molecular flexibility index (Phi) is 6.93. The van der Waals surface area contributed by atoms with Gasteiger partial charge in [-0.15, -0.1) is 12.4 Å². The molecule has 1 aliphatic rings. The Morgan fingerprint density at radius 1 is 1.36 bits per heavy atom. The number of methoxy groups -OCH3 is 1. The maximum Gasteiger partial charge on any atom is 0.308 e. The maximum absolute atomic E-state index is 11.2. The fourth-order valence-electron chi connectivity index (χ4n) is 2.06. The number of esters is 1. The van der Waals surface area contributed by atoms with Gasteiger partial charge in [-0.3, -0.25) is 4.79 Å². The number of hydrogen-bond acceptors (Lipinski definition) is 3. The molecule has 3 nitrogen and oxygen atoms in total. The molecule has 0 aromatic rings. The normalized spacial score (nSPS) is 26.4. The van der Waals surface area contributed by atoms with Gasteiger partial charge in [-0.1, -0.05) is 0 Å². The molecule has 4 heteroatoms. The van der Waals surface area contributed by atoms with Gasteiger partial charge in [-0.25, -0.2) is 0 Å². The molecule has 1 fully saturated rings. The van der Waals surface area contributed by atoms with Crippen molar-refractivity contribution in [2.75, 3.05) is 20.7 Å². The molecule has 1 saturated carbocycles. The van der Waals surface area contributed by atoms with Gasteiger partial charge in [0.2, 0.25) is 0 Å². The molecule has 0 radical (unpaired) electrons. The number of rotatable bonds is 3. The van der Waals surface area contributed by atoms with Crippen LogP contribution in [0.25, 0.3) is 0 Å². The molecule has 0 spiro atoms. The number of hydrogen-bond donors (Lipinski definition) is 1. The van der Waals surface area contributed by atoms with Crippen LogP contribution >= 0.6 is 12.4 Å². The number of nitrogens with one attached hydrogen (secondary N) is 1. The van der Waals surface area contributed by atoms with Gasteiger partial charge in [0.1, 0.15) is 0 Å². The number of halogens is 1. The van der Waals surface area contributed by atoms with Crippen LogP contribution in [0.2, 0.25) is 0 Å². The fraction of sp³-hybridized carbons (Fsp3) is 0.900.